The molecule has 3 aromatic rings. The Balaban J connectivity index is 0.00000253. The lowest BCUT2D eigenvalue weighted by Gasteiger charge is -2.37. The Hall–Kier alpha value is -3.03. The summed E-state index contributed by atoms with van der Waals surface area (Å²) in [6.07, 6.45) is 0. The zero-order chi connectivity index (χ0) is 26.0. The Morgan fingerprint density at radius 1 is 1.21 bits per heavy atom. The highest BCUT2D eigenvalue weighted by atomic mass is 35.5. The van der Waals surface area contributed by atoms with Crippen molar-refractivity contribution in [1.82, 2.24) is 15.2 Å². The SMILES string of the molecule is CNCCN1c2ccc(C(=O)OCC(=O)N(C)C)cc2NC1(Nc1nc2ccc(Cl)cc2s1)C(N)=O.Cl.Cl. The van der Waals surface area contributed by atoms with Crippen molar-refractivity contribution in [1.29, 1.82) is 0 Å². The Bertz CT molecular complexity index is 1340. The largest absolute Gasteiger partial charge is 0.452 e. The number of thiazole rings is 1. The maximum Gasteiger partial charge on any atom is 0.338 e. The van der Waals surface area contributed by atoms with Gasteiger partial charge >= 0.3 is 5.97 Å². The number of ether oxygens (including phenoxy) is 1. The van der Waals surface area contributed by atoms with Gasteiger partial charge in [0.25, 0.3) is 17.6 Å². The van der Waals surface area contributed by atoms with Gasteiger partial charge in [-0.15, -0.1) is 24.8 Å². The quantitative estimate of drug-likeness (QED) is 0.271. The average molecular weight is 605 g/mol. The molecule has 1 aliphatic rings. The molecule has 0 saturated heterocycles. The van der Waals surface area contributed by atoms with Crippen LogP contribution in [-0.4, -0.2) is 74.3 Å². The van der Waals surface area contributed by atoms with Crippen molar-refractivity contribution in [3.63, 3.8) is 0 Å². The van der Waals surface area contributed by atoms with Crippen LogP contribution >= 0.6 is 47.8 Å². The molecule has 0 aliphatic carbocycles. The van der Waals surface area contributed by atoms with Gasteiger partial charge in [0.2, 0.25) is 0 Å². The second-order valence-corrected chi connectivity index (χ2v) is 9.77. The average Bonchev–Trinajstić information content (AvgIpc) is 3.38. The van der Waals surface area contributed by atoms with Crippen LogP contribution in [0.25, 0.3) is 10.2 Å². The van der Waals surface area contributed by atoms with Crippen LogP contribution in [0.5, 0.6) is 0 Å². The lowest BCUT2D eigenvalue weighted by atomic mass is 10.1. The van der Waals surface area contributed by atoms with Gasteiger partial charge in [-0.05, 0) is 43.4 Å². The zero-order valence-corrected chi connectivity index (χ0v) is 23.9. The number of rotatable bonds is 9. The van der Waals surface area contributed by atoms with Crippen molar-refractivity contribution >= 4 is 92.3 Å². The maximum absolute atomic E-state index is 13.0. The van der Waals surface area contributed by atoms with Gasteiger partial charge in [0.05, 0.1) is 27.2 Å². The highest BCUT2D eigenvalue weighted by molar-refractivity contribution is 7.22. The van der Waals surface area contributed by atoms with Gasteiger partial charge in [0.15, 0.2) is 11.7 Å². The summed E-state index contributed by atoms with van der Waals surface area (Å²) in [6.45, 7) is 0.576. The van der Waals surface area contributed by atoms with E-state index in [-0.39, 0.29) is 42.9 Å². The van der Waals surface area contributed by atoms with E-state index < -0.39 is 17.7 Å². The first-order chi connectivity index (χ1) is 17.1. The number of fused-ring (bicyclic) bond motifs is 2. The molecule has 5 N–H and O–H groups in total. The van der Waals surface area contributed by atoms with Crippen molar-refractivity contribution < 1.29 is 19.1 Å². The molecule has 0 radical (unpaired) electrons. The van der Waals surface area contributed by atoms with Gasteiger partial charge in [-0.2, -0.15) is 0 Å². The molecule has 2 aromatic carbocycles. The summed E-state index contributed by atoms with van der Waals surface area (Å²) in [6, 6.07) is 10.2. The van der Waals surface area contributed by atoms with Crippen LogP contribution in [0.4, 0.5) is 16.5 Å². The fourth-order valence-electron chi connectivity index (χ4n) is 3.75. The van der Waals surface area contributed by atoms with Crippen LogP contribution in [-0.2, 0) is 14.3 Å². The molecule has 2 heterocycles. The second-order valence-electron chi connectivity index (χ2n) is 8.31. The Kier molecular flexibility index (Phi) is 10.4. The normalized spacial score (nSPS) is 15.5. The molecule has 1 unspecified atom stereocenters. The summed E-state index contributed by atoms with van der Waals surface area (Å²) in [7, 11) is 4.95. The van der Waals surface area contributed by atoms with Crippen LogP contribution in [0, 0.1) is 0 Å². The highest BCUT2D eigenvalue weighted by Crippen LogP contribution is 2.42. The molecule has 2 amide bonds. The molecular weight excluding hydrogens is 577 g/mol. The third-order valence-corrected chi connectivity index (χ3v) is 6.82. The first-order valence-electron chi connectivity index (χ1n) is 11.0. The minimum absolute atomic E-state index is 0. The number of nitrogens with one attached hydrogen (secondary N) is 3. The maximum atomic E-state index is 13.0. The Labute approximate surface area is 240 Å². The number of carbonyl (C=O) groups is 3. The van der Waals surface area contributed by atoms with E-state index in [1.165, 1.54) is 16.2 Å². The number of esters is 1. The van der Waals surface area contributed by atoms with Gasteiger partial charge in [-0.25, -0.2) is 9.78 Å². The van der Waals surface area contributed by atoms with E-state index in [1.54, 1.807) is 62.4 Å². The number of hydrogen-bond donors (Lipinski definition) is 4. The fourth-order valence-corrected chi connectivity index (χ4v) is 4.95. The third kappa shape index (κ3) is 6.16. The monoisotopic (exact) mass is 603 g/mol. The summed E-state index contributed by atoms with van der Waals surface area (Å²) in [5, 5.41) is 10.5. The standard InChI is InChI=1S/C23H26ClN7O4S.2ClH/c1-26-8-9-31-17-7-4-13(20(33)35-12-19(32)30(2)3)10-16(17)28-23(31,21(25)34)29-22-27-15-6-5-14(24)11-18(15)36-22;;/h4-7,10-11,26,28H,8-9,12H2,1-3H3,(H2,25,34)(H,27,29);2*1H. The Morgan fingerprint density at radius 2 is 1.95 bits per heavy atom. The summed E-state index contributed by atoms with van der Waals surface area (Å²) in [4.78, 5) is 45.0. The first kappa shape index (κ1) is 31.2. The van der Waals surface area contributed by atoms with Crippen LogP contribution in [0.2, 0.25) is 5.02 Å². The molecule has 4 rings (SSSR count). The van der Waals surface area contributed by atoms with Gasteiger partial charge in [0.1, 0.15) is 0 Å². The van der Waals surface area contributed by atoms with Crippen molar-refractivity contribution in [3.05, 3.63) is 47.0 Å². The van der Waals surface area contributed by atoms with E-state index in [0.717, 1.165) is 10.2 Å². The number of carbonyl (C=O) groups excluding carboxylic acids is 3. The van der Waals surface area contributed by atoms with E-state index in [2.05, 4.69) is 20.9 Å². The number of likely N-dealkylation sites (N-methyl/N-ethyl adjacent to an activating group) is 2. The number of amides is 2. The third-order valence-electron chi connectivity index (χ3n) is 5.65. The van der Waals surface area contributed by atoms with Crippen molar-refractivity contribution in [3.8, 4) is 0 Å². The predicted octanol–water partition coefficient (Wildman–Crippen LogP) is 2.74. The zero-order valence-electron chi connectivity index (χ0n) is 20.7. The number of nitrogens with two attached hydrogens (primary N) is 1. The van der Waals surface area contributed by atoms with E-state index >= 15 is 0 Å². The summed E-state index contributed by atoms with van der Waals surface area (Å²) in [5.41, 5.74) is 8.04. The second kappa shape index (κ2) is 12.7. The minimum atomic E-state index is -1.56. The molecule has 15 heteroatoms. The molecule has 0 fully saturated rings. The minimum Gasteiger partial charge on any atom is -0.452 e. The molecule has 1 atom stereocenters. The molecule has 0 saturated carbocycles. The molecule has 0 bridgehead atoms. The lowest BCUT2D eigenvalue weighted by molar-refractivity contribution is -0.132. The summed E-state index contributed by atoms with van der Waals surface area (Å²) >= 11 is 7.44. The summed E-state index contributed by atoms with van der Waals surface area (Å²) < 4.78 is 5.98. The Morgan fingerprint density at radius 3 is 2.61 bits per heavy atom. The van der Waals surface area contributed by atoms with Gasteiger partial charge in [-0.3, -0.25) is 9.59 Å². The number of benzene rings is 2. The van der Waals surface area contributed by atoms with Gasteiger partial charge in [0, 0.05) is 32.2 Å². The molecule has 11 nitrogen and oxygen atoms in total. The highest BCUT2D eigenvalue weighted by Gasteiger charge is 2.49. The smallest absolute Gasteiger partial charge is 0.338 e. The van der Waals surface area contributed by atoms with E-state index in [1.807, 2.05) is 0 Å². The number of aromatic nitrogens is 1. The topological polar surface area (TPSA) is 142 Å². The number of halogens is 3. The van der Waals surface area contributed by atoms with Crippen molar-refractivity contribution in [2.24, 2.45) is 5.73 Å². The van der Waals surface area contributed by atoms with E-state index in [0.29, 0.717) is 34.6 Å². The molecule has 206 valence electrons. The first-order valence-corrected chi connectivity index (χ1v) is 12.2. The number of hydrogen-bond acceptors (Lipinski definition) is 10. The molecule has 38 heavy (non-hydrogen) atoms. The lowest BCUT2D eigenvalue weighted by Crippen LogP contribution is -2.66. The van der Waals surface area contributed by atoms with Crippen molar-refractivity contribution in [2.45, 2.75) is 5.79 Å². The van der Waals surface area contributed by atoms with Crippen LogP contribution in [0.15, 0.2) is 36.4 Å². The number of primary amides is 1. The van der Waals surface area contributed by atoms with Crippen LogP contribution in [0.1, 0.15) is 10.4 Å². The molecular formula is C23H28Cl3N7O4S. The fraction of sp³-hybridized carbons (Fsp3) is 0.304. The summed E-state index contributed by atoms with van der Waals surface area (Å²) in [5.74, 6) is -3.24. The number of anilines is 3. The van der Waals surface area contributed by atoms with Crippen LogP contribution in [0.3, 0.4) is 0 Å². The van der Waals surface area contributed by atoms with Crippen molar-refractivity contribution in [2.75, 3.05) is 56.4 Å². The predicted molar refractivity (Wildman–Crippen MR) is 155 cm³/mol. The molecule has 0 spiro atoms. The van der Waals surface area contributed by atoms with E-state index in [9.17, 15) is 14.4 Å². The van der Waals surface area contributed by atoms with Gasteiger partial charge < -0.3 is 36.2 Å². The van der Waals surface area contributed by atoms with Crippen LogP contribution < -0.4 is 26.6 Å². The van der Waals surface area contributed by atoms with E-state index in [4.69, 9.17) is 22.1 Å². The number of nitrogens with zero attached hydrogens (tertiary/aromatic N) is 3. The van der Waals surface area contributed by atoms with Gasteiger partial charge in [-0.1, -0.05) is 22.9 Å². The molecule has 1 aromatic heterocycles. The molecule has 1 aliphatic heterocycles.